The van der Waals surface area contributed by atoms with Gasteiger partial charge in [-0.2, -0.15) is 0 Å². The van der Waals surface area contributed by atoms with E-state index < -0.39 is 5.97 Å². The van der Waals surface area contributed by atoms with Crippen LogP contribution in [0.5, 0.6) is 17.2 Å². The van der Waals surface area contributed by atoms with Gasteiger partial charge in [-0.05, 0) is 36.1 Å². The van der Waals surface area contributed by atoms with Gasteiger partial charge in [0.15, 0.2) is 11.5 Å². The molecule has 0 aliphatic heterocycles. The third kappa shape index (κ3) is 7.55. The Hall–Kier alpha value is -3.47. The lowest BCUT2D eigenvalue weighted by atomic mass is 10.1. The summed E-state index contributed by atoms with van der Waals surface area (Å²) in [5.74, 6) is 0.918. The molecule has 5 nitrogen and oxygen atoms in total. The molecule has 0 heterocycles. The van der Waals surface area contributed by atoms with Gasteiger partial charge in [0.1, 0.15) is 18.8 Å². The maximum Gasteiger partial charge on any atom is 0.342 e. The zero-order valence-corrected chi connectivity index (χ0v) is 20.1. The van der Waals surface area contributed by atoms with Crippen molar-refractivity contribution in [2.24, 2.45) is 0 Å². The van der Waals surface area contributed by atoms with E-state index in [0.717, 1.165) is 36.8 Å². The second kappa shape index (κ2) is 13.9. The Morgan fingerprint density at radius 2 is 1.24 bits per heavy atom. The lowest BCUT2D eigenvalue weighted by molar-refractivity contribution is 0.0466. The van der Waals surface area contributed by atoms with E-state index in [1.165, 1.54) is 0 Å². The fourth-order valence-corrected chi connectivity index (χ4v) is 3.27. The van der Waals surface area contributed by atoms with Crippen molar-refractivity contribution in [3.05, 3.63) is 89.5 Å². The molecule has 0 radical (unpaired) electrons. The Labute approximate surface area is 202 Å². The molecule has 5 heteroatoms. The molecule has 0 spiro atoms. The van der Waals surface area contributed by atoms with Gasteiger partial charge in [0.05, 0.1) is 13.2 Å². The van der Waals surface area contributed by atoms with Gasteiger partial charge >= 0.3 is 5.97 Å². The number of carbonyl (C=O) groups is 1. The Morgan fingerprint density at radius 1 is 0.647 bits per heavy atom. The van der Waals surface area contributed by atoms with Crippen LogP contribution >= 0.6 is 0 Å². The van der Waals surface area contributed by atoms with Crippen molar-refractivity contribution < 1.29 is 23.7 Å². The summed E-state index contributed by atoms with van der Waals surface area (Å²) in [6, 6.07) is 22.9. The molecule has 0 atom stereocenters. The summed E-state index contributed by atoms with van der Waals surface area (Å²) in [6.07, 6.45) is 3.82. The summed E-state index contributed by atoms with van der Waals surface area (Å²) in [7, 11) is 0. The standard InChI is InChI=1S/C29H34O5/c1-3-5-19-31-26-18-17-25(29(30)34-22-24-15-11-8-12-16-24)27(28(26)32-20-6-4-2)33-21-23-13-9-7-10-14-23/h7-18H,3-6,19-22H2,1-2H3. The largest absolute Gasteiger partial charge is 0.490 e. The minimum absolute atomic E-state index is 0.179. The molecule has 0 aromatic heterocycles. The first-order chi connectivity index (χ1) is 16.7. The summed E-state index contributed by atoms with van der Waals surface area (Å²) in [6.45, 7) is 5.76. The van der Waals surface area contributed by atoms with Gasteiger partial charge in [-0.15, -0.1) is 0 Å². The van der Waals surface area contributed by atoms with Crippen LogP contribution in [0.1, 0.15) is 61.0 Å². The van der Waals surface area contributed by atoms with Gasteiger partial charge in [0.2, 0.25) is 5.75 Å². The van der Waals surface area contributed by atoms with Crippen LogP contribution in [0.4, 0.5) is 0 Å². The van der Waals surface area contributed by atoms with Crippen LogP contribution in [0.15, 0.2) is 72.8 Å². The Kier molecular flexibility index (Phi) is 10.3. The summed E-state index contributed by atoms with van der Waals surface area (Å²) in [5.41, 5.74) is 2.23. The fraction of sp³-hybridized carbons (Fsp3) is 0.345. The van der Waals surface area contributed by atoms with Crippen molar-refractivity contribution in [3.8, 4) is 17.2 Å². The Balaban J connectivity index is 1.90. The lowest BCUT2D eigenvalue weighted by Crippen LogP contribution is -2.11. The number of ether oxygens (including phenoxy) is 4. The van der Waals surface area contributed by atoms with Gasteiger partial charge in [-0.25, -0.2) is 4.79 Å². The van der Waals surface area contributed by atoms with Crippen molar-refractivity contribution in [1.29, 1.82) is 0 Å². The zero-order valence-electron chi connectivity index (χ0n) is 20.1. The maximum atomic E-state index is 13.1. The van der Waals surface area contributed by atoms with E-state index in [1.807, 2.05) is 60.7 Å². The molecule has 3 rings (SSSR count). The third-order valence-electron chi connectivity index (χ3n) is 5.23. The highest BCUT2D eigenvalue weighted by molar-refractivity contribution is 5.94. The molecule has 34 heavy (non-hydrogen) atoms. The molecule has 0 saturated carbocycles. The zero-order chi connectivity index (χ0) is 24.0. The Bertz CT molecular complexity index is 1000. The van der Waals surface area contributed by atoms with Crippen molar-refractivity contribution in [2.75, 3.05) is 13.2 Å². The second-order valence-corrected chi connectivity index (χ2v) is 8.01. The fourth-order valence-electron chi connectivity index (χ4n) is 3.27. The number of esters is 1. The number of rotatable bonds is 14. The molecule has 0 aliphatic rings. The SMILES string of the molecule is CCCCOc1ccc(C(=O)OCc2ccccc2)c(OCc2ccccc2)c1OCCCC. The van der Waals surface area contributed by atoms with Crippen LogP contribution in [0.2, 0.25) is 0 Å². The van der Waals surface area contributed by atoms with Gasteiger partial charge in [-0.3, -0.25) is 0 Å². The van der Waals surface area contributed by atoms with Crippen LogP contribution in [-0.2, 0) is 18.0 Å². The smallest absolute Gasteiger partial charge is 0.342 e. The molecular formula is C29H34O5. The normalized spacial score (nSPS) is 10.5. The molecule has 3 aromatic carbocycles. The number of hydrogen-bond acceptors (Lipinski definition) is 5. The minimum Gasteiger partial charge on any atom is -0.490 e. The quantitative estimate of drug-likeness (QED) is 0.191. The van der Waals surface area contributed by atoms with Crippen LogP contribution < -0.4 is 14.2 Å². The number of benzene rings is 3. The van der Waals surface area contributed by atoms with E-state index in [1.54, 1.807) is 12.1 Å². The number of hydrogen-bond donors (Lipinski definition) is 0. The highest BCUT2D eigenvalue weighted by Gasteiger charge is 2.23. The highest BCUT2D eigenvalue weighted by Crippen LogP contribution is 2.41. The summed E-state index contributed by atoms with van der Waals surface area (Å²) < 4.78 is 23.9. The predicted molar refractivity (Wildman–Crippen MR) is 134 cm³/mol. The second-order valence-electron chi connectivity index (χ2n) is 8.01. The van der Waals surface area contributed by atoms with Gasteiger partial charge < -0.3 is 18.9 Å². The van der Waals surface area contributed by atoms with E-state index in [2.05, 4.69) is 13.8 Å². The number of carbonyl (C=O) groups excluding carboxylic acids is 1. The summed E-state index contributed by atoms with van der Waals surface area (Å²) in [5, 5.41) is 0. The molecule has 0 N–H and O–H groups in total. The van der Waals surface area contributed by atoms with Gasteiger partial charge in [-0.1, -0.05) is 87.4 Å². The maximum absolute atomic E-state index is 13.1. The molecule has 3 aromatic rings. The number of unbranched alkanes of at least 4 members (excludes halogenated alkanes) is 2. The van der Waals surface area contributed by atoms with Crippen molar-refractivity contribution in [3.63, 3.8) is 0 Å². The first kappa shape index (κ1) is 25.2. The van der Waals surface area contributed by atoms with Crippen molar-refractivity contribution in [1.82, 2.24) is 0 Å². The predicted octanol–water partition coefficient (Wildman–Crippen LogP) is 6.98. The first-order valence-corrected chi connectivity index (χ1v) is 12.0. The third-order valence-corrected chi connectivity index (χ3v) is 5.23. The topological polar surface area (TPSA) is 54.0 Å². The molecule has 0 bridgehead atoms. The van der Waals surface area contributed by atoms with Crippen LogP contribution in [-0.4, -0.2) is 19.2 Å². The summed E-state index contributed by atoms with van der Waals surface area (Å²) in [4.78, 5) is 13.1. The molecule has 0 unspecified atom stereocenters. The van der Waals surface area contributed by atoms with Gasteiger partial charge in [0, 0.05) is 0 Å². The van der Waals surface area contributed by atoms with E-state index >= 15 is 0 Å². The van der Waals surface area contributed by atoms with Crippen molar-refractivity contribution >= 4 is 5.97 Å². The van der Waals surface area contributed by atoms with Crippen LogP contribution in [0, 0.1) is 0 Å². The Morgan fingerprint density at radius 3 is 1.85 bits per heavy atom. The van der Waals surface area contributed by atoms with E-state index in [4.69, 9.17) is 18.9 Å². The van der Waals surface area contributed by atoms with E-state index in [-0.39, 0.29) is 6.61 Å². The summed E-state index contributed by atoms with van der Waals surface area (Å²) >= 11 is 0. The molecule has 0 aliphatic carbocycles. The van der Waals surface area contributed by atoms with Crippen molar-refractivity contribution in [2.45, 2.75) is 52.7 Å². The molecular weight excluding hydrogens is 428 g/mol. The molecule has 0 saturated heterocycles. The molecule has 0 amide bonds. The van der Waals surface area contributed by atoms with Gasteiger partial charge in [0.25, 0.3) is 0 Å². The monoisotopic (exact) mass is 462 g/mol. The highest BCUT2D eigenvalue weighted by atomic mass is 16.6. The van der Waals surface area contributed by atoms with Crippen LogP contribution in [0.3, 0.4) is 0 Å². The molecule has 0 fully saturated rings. The minimum atomic E-state index is -0.465. The first-order valence-electron chi connectivity index (χ1n) is 12.0. The van der Waals surface area contributed by atoms with Crippen LogP contribution in [0.25, 0.3) is 0 Å². The molecule has 180 valence electrons. The van der Waals surface area contributed by atoms with E-state index in [0.29, 0.717) is 42.6 Å². The average molecular weight is 463 g/mol. The average Bonchev–Trinajstić information content (AvgIpc) is 2.88. The lowest BCUT2D eigenvalue weighted by Gasteiger charge is -2.19. The van der Waals surface area contributed by atoms with E-state index in [9.17, 15) is 4.79 Å².